The highest BCUT2D eigenvalue weighted by Gasteiger charge is 2.27. The molecule has 2 rings (SSSR count). The molecule has 4 N–H and O–H groups in total. The zero-order valence-corrected chi connectivity index (χ0v) is 12.2. The molecule has 1 saturated heterocycles. The molecule has 2 unspecified atom stereocenters. The van der Waals surface area contributed by atoms with Crippen LogP contribution < -0.4 is 15.8 Å². The number of nitrogen functional groups attached to an aromatic ring is 1. The van der Waals surface area contributed by atoms with Crippen LogP contribution in [0.4, 0.5) is 11.4 Å². The first-order valence-electron chi connectivity index (χ1n) is 6.48. The summed E-state index contributed by atoms with van der Waals surface area (Å²) in [4.78, 5) is 2.24. The van der Waals surface area contributed by atoms with Crippen LogP contribution in [0.15, 0.2) is 23.1 Å². The molecule has 0 radical (unpaired) electrons. The highest BCUT2D eigenvalue weighted by molar-refractivity contribution is 7.89. The van der Waals surface area contributed by atoms with Crippen LogP contribution >= 0.6 is 0 Å². The summed E-state index contributed by atoms with van der Waals surface area (Å²) in [6.45, 7) is 5.12. The van der Waals surface area contributed by atoms with Crippen LogP contribution in [0, 0.1) is 5.92 Å². The Hall–Kier alpha value is -1.27. The van der Waals surface area contributed by atoms with Gasteiger partial charge in [-0.25, -0.2) is 13.6 Å². The van der Waals surface area contributed by atoms with Gasteiger partial charge in [-0.3, -0.25) is 0 Å². The molecule has 0 spiro atoms. The molecule has 0 aromatic heterocycles. The molecular formula is C13H21N3O2S. The SMILES string of the molecule is CC1CCC(C)N(c2ccc(N)cc2S(N)(=O)=O)C1. The van der Waals surface area contributed by atoms with E-state index in [0.717, 1.165) is 19.4 Å². The average Bonchev–Trinajstić information content (AvgIpc) is 2.31. The van der Waals surface area contributed by atoms with E-state index < -0.39 is 10.0 Å². The average molecular weight is 283 g/mol. The number of hydrogen-bond donors (Lipinski definition) is 2. The summed E-state index contributed by atoms with van der Waals surface area (Å²) in [5.74, 6) is 0.544. The van der Waals surface area contributed by atoms with Crippen LogP contribution in [-0.2, 0) is 10.0 Å². The maximum Gasteiger partial charge on any atom is 0.240 e. The van der Waals surface area contributed by atoms with Gasteiger partial charge < -0.3 is 10.6 Å². The zero-order chi connectivity index (χ0) is 14.2. The lowest BCUT2D eigenvalue weighted by Crippen LogP contribution is -2.42. The Labute approximate surface area is 114 Å². The molecule has 1 fully saturated rings. The molecule has 0 saturated carbocycles. The summed E-state index contributed by atoms with van der Waals surface area (Å²) in [6.07, 6.45) is 2.22. The van der Waals surface area contributed by atoms with E-state index in [1.807, 2.05) is 0 Å². The summed E-state index contributed by atoms with van der Waals surface area (Å²) in [7, 11) is -3.77. The van der Waals surface area contributed by atoms with Gasteiger partial charge >= 0.3 is 0 Å². The molecule has 1 aliphatic rings. The normalized spacial score (nSPS) is 24.5. The van der Waals surface area contributed by atoms with Gasteiger partial charge in [0, 0.05) is 18.3 Å². The number of anilines is 2. The van der Waals surface area contributed by atoms with Gasteiger partial charge in [-0.2, -0.15) is 0 Å². The van der Waals surface area contributed by atoms with Crippen LogP contribution in [0.3, 0.4) is 0 Å². The van der Waals surface area contributed by atoms with Crippen molar-refractivity contribution in [2.24, 2.45) is 11.1 Å². The van der Waals surface area contributed by atoms with Gasteiger partial charge in [0.2, 0.25) is 10.0 Å². The minimum Gasteiger partial charge on any atom is -0.399 e. The topological polar surface area (TPSA) is 89.4 Å². The van der Waals surface area contributed by atoms with Crippen molar-refractivity contribution in [2.75, 3.05) is 17.2 Å². The molecule has 5 nitrogen and oxygen atoms in total. The molecule has 106 valence electrons. The Morgan fingerprint density at radius 1 is 1.26 bits per heavy atom. The van der Waals surface area contributed by atoms with Gasteiger partial charge in [0.15, 0.2) is 0 Å². The molecule has 0 bridgehead atoms. The number of piperidine rings is 1. The third-order valence-electron chi connectivity index (χ3n) is 3.72. The number of primary sulfonamides is 1. The molecule has 1 aromatic carbocycles. The van der Waals surface area contributed by atoms with Gasteiger partial charge in [0.05, 0.1) is 5.69 Å². The van der Waals surface area contributed by atoms with E-state index in [-0.39, 0.29) is 4.90 Å². The Balaban J connectivity index is 2.49. The molecule has 2 atom stereocenters. The zero-order valence-electron chi connectivity index (χ0n) is 11.3. The van der Waals surface area contributed by atoms with Gasteiger partial charge in [0.25, 0.3) is 0 Å². The summed E-state index contributed by atoms with van der Waals surface area (Å²) in [5, 5.41) is 5.30. The van der Waals surface area contributed by atoms with Crippen molar-refractivity contribution in [3.8, 4) is 0 Å². The highest BCUT2D eigenvalue weighted by atomic mass is 32.2. The Bertz CT molecular complexity index is 571. The van der Waals surface area contributed by atoms with Crippen molar-refractivity contribution in [3.63, 3.8) is 0 Å². The summed E-state index contributed by atoms with van der Waals surface area (Å²) in [5.41, 5.74) is 6.75. The number of nitrogens with two attached hydrogens (primary N) is 2. The summed E-state index contributed by atoms with van der Waals surface area (Å²) in [6, 6.07) is 5.22. The van der Waals surface area contributed by atoms with E-state index in [4.69, 9.17) is 10.9 Å². The van der Waals surface area contributed by atoms with E-state index in [1.165, 1.54) is 6.07 Å². The van der Waals surface area contributed by atoms with Crippen LogP contribution in [0.1, 0.15) is 26.7 Å². The lowest BCUT2D eigenvalue weighted by Gasteiger charge is -2.39. The van der Waals surface area contributed by atoms with Crippen LogP contribution in [0.2, 0.25) is 0 Å². The van der Waals surface area contributed by atoms with Gasteiger partial charge in [0.1, 0.15) is 4.90 Å². The fraction of sp³-hybridized carbons (Fsp3) is 0.538. The predicted molar refractivity (Wildman–Crippen MR) is 77.4 cm³/mol. The minimum atomic E-state index is -3.77. The third kappa shape index (κ3) is 3.01. The van der Waals surface area contributed by atoms with Crippen LogP contribution in [0.25, 0.3) is 0 Å². The predicted octanol–water partition coefficient (Wildman–Crippen LogP) is 1.54. The van der Waals surface area contributed by atoms with Crippen LogP contribution in [-0.4, -0.2) is 21.0 Å². The smallest absolute Gasteiger partial charge is 0.240 e. The largest absolute Gasteiger partial charge is 0.399 e. The molecular weight excluding hydrogens is 262 g/mol. The molecule has 0 aliphatic carbocycles. The molecule has 6 heteroatoms. The second-order valence-electron chi connectivity index (χ2n) is 5.46. The van der Waals surface area contributed by atoms with Crippen molar-refractivity contribution in [1.82, 2.24) is 0 Å². The molecule has 1 aliphatic heterocycles. The first-order valence-corrected chi connectivity index (χ1v) is 8.02. The molecule has 1 aromatic rings. The van der Waals surface area contributed by atoms with E-state index >= 15 is 0 Å². The van der Waals surface area contributed by atoms with Crippen molar-refractivity contribution >= 4 is 21.4 Å². The first kappa shape index (κ1) is 14.1. The molecule has 1 heterocycles. The van der Waals surface area contributed by atoms with Crippen molar-refractivity contribution in [3.05, 3.63) is 18.2 Å². The van der Waals surface area contributed by atoms with Gasteiger partial charge in [-0.1, -0.05) is 6.92 Å². The standard InChI is InChI=1S/C13H21N3O2S/c1-9-3-4-10(2)16(8-9)12-6-5-11(14)7-13(12)19(15,17)18/h5-7,9-10H,3-4,8,14H2,1-2H3,(H2,15,17,18). The fourth-order valence-corrected chi connectivity index (χ4v) is 3.40. The van der Waals surface area contributed by atoms with E-state index in [9.17, 15) is 8.42 Å². The maximum absolute atomic E-state index is 11.7. The number of rotatable bonds is 2. The quantitative estimate of drug-likeness (QED) is 0.806. The minimum absolute atomic E-state index is 0.119. The lowest BCUT2D eigenvalue weighted by molar-refractivity contribution is 0.389. The lowest BCUT2D eigenvalue weighted by atomic mass is 9.94. The molecule has 0 amide bonds. The number of nitrogens with zero attached hydrogens (tertiary/aromatic N) is 1. The van der Waals surface area contributed by atoms with E-state index in [1.54, 1.807) is 12.1 Å². The Morgan fingerprint density at radius 3 is 2.58 bits per heavy atom. The monoisotopic (exact) mass is 283 g/mol. The maximum atomic E-state index is 11.7. The molecule has 19 heavy (non-hydrogen) atoms. The number of benzene rings is 1. The van der Waals surface area contributed by atoms with Gasteiger partial charge in [-0.05, 0) is 43.9 Å². The summed E-state index contributed by atoms with van der Waals surface area (Å²) >= 11 is 0. The second kappa shape index (κ2) is 5.02. The van der Waals surface area contributed by atoms with E-state index in [2.05, 4.69) is 18.7 Å². The fourth-order valence-electron chi connectivity index (χ4n) is 2.62. The Kier molecular flexibility index (Phi) is 3.73. The third-order valence-corrected chi connectivity index (χ3v) is 4.66. The first-order chi connectivity index (χ1) is 8.79. The number of hydrogen-bond acceptors (Lipinski definition) is 4. The van der Waals surface area contributed by atoms with Gasteiger partial charge in [-0.15, -0.1) is 0 Å². The van der Waals surface area contributed by atoms with Crippen molar-refractivity contribution in [1.29, 1.82) is 0 Å². The summed E-state index contributed by atoms with van der Waals surface area (Å²) < 4.78 is 23.5. The number of sulfonamides is 1. The van der Waals surface area contributed by atoms with Crippen molar-refractivity contribution in [2.45, 2.75) is 37.6 Å². The second-order valence-corrected chi connectivity index (χ2v) is 6.99. The van der Waals surface area contributed by atoms with Crippen molar-refractivity contribution < 1.29 is 8.42 Å². The highest BCUT2D eigenvalue weighted by Crippen LogP contribution is 2.32. The van der Waals surface area contributed by atoms with Crippen LogP contribution in [0.5, 0.6) is 0 Å². The Morgan fingerprint density at radius 2 is 1.95 bits per heavy atom. The van der Waals surface area contributed by atoms with E-state index in [0.29, 0.717) is 23.3 Å².